The first-order chi connectivity index (χ1) is 8.63. The van der Waals surface area contributed by atoms with Gasteiger partial charge < -0.3 is 15.4 Å². The molecule has 1 aromatic carbocycles. The number of carbonyl (C=O) groups is 1. The van der Waals surface area contributed by atoms with Crippen LogP contribution in [0, 0.1) is 13.8 Å². The van der Waals surface area contributed by atoms with E-state index >= 15 is 0 Å². The van der Waals surface area contributed by atoms with Gasteiger partial charge in [-0.15, -0.1) is 12.4 Å². The molecule has 0 fully saturated rings. The van der Waals surface area contributed by atoms with E-state index in [1.54, 1.807) is 0 Å². The summed E-state index contributed by atoms with van der Waals surface area (Å²) < 4.78 is 5.62. The number of likely N-dealkylation sites (N-methyl/N-ethyl adjacent to an activating group) is 1. The number of amides is 1. The van der Waals surface area contributed by atoms with Crippen molar-refractivity contribution in [3.63, 3.8) is 0 Å². The van der Waals surface area contributed by atoms with Gasteiger partial charge in [0.1, 0.15) is 5.75 Å². The molecule has 0 bridgehead atoms. The van der Waals surface area contributed by atoms with Crippen LogP contribution >= 0.6 is 12.4 Å². The fraction of sp³-hybridized carbons (Fsp3) is 0.500. The van der Waals surface area contributed by atoms with Crippen molar-refractivity contribution in [2.24, 2.45) is 0 Å². The first-order valence-corrected chi connectivity index (χ1v) is 6.25. The molecule has 0 spiro atoms. The molecule has 1 aromatic rings. The number of aryl methyl sites for hydroxylation is 2. The Hall–Kier alpha value is -1.26. The molecule has 0 saturated heterocycles. The van der Waals surface area contributed by atoms with Crippen molar-refractivity contribution in [3.8, 4) is 5.75 Å². The highest BCUT2D eigenvalue weighted by Crippen LogP contribution is 2.18. The molecule has 0 saturated carbocycles. The van der Waals surface area contributed by atoms with E-state index in [9.17, 15) is 4.79 Å². The number of rotatable bonds is 7. The highest BCUT2D eigenvalue weighted by Gasteiger charge is 2.03. The van der Waals surface area contributed by atoms with Crippen LogP contribution in [0.15, 0.2) is 18.2 Å². The number of hydrogen-bond acceptors (Lipinski definition) is 3. The van der Waals surface area contributed by atoms with Gasteiger partial charge in [-0.2, -0.15) is 0 Å². The maximum absolute atomic E-state index is 11.4. The predicted molar refractivity (Wildman–Crippen MR) is 80.2 cm³/mol. The molecule has 0 atom stereocenters. The van der Waals surface area contributed by atoms with Crippen LogP contribution in [-0.2, 0) is 4.79 Å². The first-order valence-electron chi connectivity index (χ1n) is 6.25. The minimum atomic E-state index is 0. The fourth-order valence-electron chi connectivity index (χ4n) is 1.53. The van der Waals surface area contributed by atoms with Gasteiger partial charge in [0, 0.05) is 13.1 Å². The predicted octanol–water partition coefficient (Wildman–Crippen LogP) is 1.83. The van der Waals surface area contributed by atoms with Crippen LogP contribution in [0.1, 0.15) is 17.5 Å². The van der Waals surface area contributed by atoms with Crippen molar-refractivity contribution in [3.05, 3.63) is 29.3 Å². The van der Waals surface area contributed by atoms with E-state index < -0.39 is 0 Å². The number of benzene rings is 1. The zero-order valence-corrected chi connectivity index (χ0v) is 12.6. The molecule has 0 radical (unpaired) electrons. The number of carbonyl (C=O) groups excluding carboxylic acids is 1. The molecular weight excluding hydrogens is 264 g/mol. The second-order valence-electron chi connectivity index (χ2n) is 4.32. The molecule has 1 rings (SSSR count). The average Bonchev–Trinajstić information content (AvgIpc) is 2.34. The summed E-state index contributed by atoms with van der Waals surface area (Å²) >= 11 is 0. The number of hydrogen-bond donors (Lipinski definition) is 2. The van der Waals surface area contributed by atoms with Crippen LogP contribution in [0.5, 0.6) is 5.75 Å². The maximum atomic E-state index is 11.4. The lowest BCUT2D eigenvalue weighted by atomic mass is 10.1. The van der Waals surface area contributed by atoms with Crippen LogP contribution < -0.4 is 15.4 Å². The third kappa shape index (κ3) is 7.03. The second-order valence-corrected chi connectivity index (χ2v) is 4.32. The zero-order chi connectivity index (χ0) is 13.4. The van der Waals surface area contributed by atoms with Crippen LogP contribution in [0.3, 0.4) is 0 Å². The van der Waals surface area contributed by atoms with Gasteiger partial charge in [0.25, 0.3) is 0 Å². The van der Waals surface area contributed by atoms with Gasteiger partial charge in [0.05, 0.1) is 13.0 Å². The van der Waals surface area contributed by atoms with Crippen molar-refractivity contribution in [1.82, 2.24) is 10.6 Å². The summed E-state index contributed by atoms with van der Waals surface area (Å²) in [5.41, 5.74) is 2.25. The molecule has 0 unspecified atom stereocenters. The summed E-state index contributed by atoms with van der Waals surface area (Å²) in [6, 6.07) is 6.07. The Morgan fingerprint density at radius 2 is 2.00 bits per heavy atom. The van der Waals surface area contributed by atoms with Gasteiger partial charge in [-0.1, -0.05) is 12.1 Å². The monoisotopic (exact) mass is 286 g/mol. The molecular formula is C14H23ClN2O2. The Morgan fingerprint density at radius 3 is 2.68 bits per heavy atom. The van der Waals surface area contributed by atoms with E-state index in [1.807, 2.05) is 39.1 Å². The quantitative estimate of drug-likeness (QED) is 0.752. The molecule has 0 heterocycles. The summed E-state index contributed by atoms with van der Waals surface area (Å²) in [5, 5.41) is 5.79. The standard InChI is InChI=1S/C14H22N2O2.ClH/c1-11-4-5-12(2)13(10-11)18-9-6-14(17)16-8-7-15-3;/h4-5,10,15H,6-9H2,1-3H3,(H,16,17);1H. The molecule has 2 N–H and O–H groups in total. The van der Waals surface area contributed by atoms with E-state index in [0.29, 0.717) is 19.6 Å². The number of halogens is 1. The minimum Gasteiger partial charge on any atom is -0.493 e. The molecule has 4 nitrogen and oxygen atoms in total. The van der Waals surface area contributed by atoms with Gasteiger partial charge in [0.2, 0.25) is 5.91 Å². The van der Waals surface area contributed by atoms with E-state index in [4.69, 9.17) is 4.74 Å². The lowest BCUT2D eigenvalue weighted by Crippen LogP contribution is -2.31. The summed E-state index contributed by atoms with van der Waals surface area (Å²) in [7, 11) is 1.86. The number of nitrogens with one attached hydrogen (secondary N) is 2. The average molecular weight is 287 g/mol. The van der Waals surface area contributed by atoms with E-state index in [1.165, 1.54) is 0 Å². The van der Waals surface area contributed by atoms with Crippen LogP contribution in [0.2, 0.25) is 0 Å². The third-order valence-corrected chi connectivity index (χ3v) is 2.63. The number of ether oxygens (including phenoxy) is 1. The van der Waals surface area contributed by atoms with E-state index in [2.05, 4.69) is 10.6 Å². The zero-order valence-electron chi connectivity index (χ0n) is 11.8. The molecule has 108 valence electrons. The van der Waals surface area contributed by atoms with Gasteiger partial charge in [-0.05, 0) is 38.1 Å². The Bertz CT molecular complexity index is 397. The summed E-state index contributed by atoms with van der Waals surface area (Å²) in [6.45, 7) is 5.87. The lowest BCUT2D eigenvalue weighted by Gasteiger charge is -2.10. The van der Waals surface area contributed by atoms with Crippen molar-refractivity contribution < 1.29 is 9.53 Å². The SMILES string of the molecule is CNCCNC(=O)CCOc1cc(C)ccc1C.Cl. The Morgan fingerprint density at radius 1 is 1.26 bits per heavy atom. The van der Waals surface area contributed by atoms with Gasteiger partial charge in [-0.3, -0.25) is 4.79 Å². The summed E-state index contributed by atoms with van der Waals surface area (Å²) in [4.78, 5) is 11.4. The first kappa shape index (κ1) is 17.7. The van der Waals surface area contributed by atoms with E-state index in [0.717, 1.165) is 23.4 Å². The van der Waals surface area contributed by atoms with Gasteiger partial charge in [-0.25, -0.2) is 0 Å². The van der Waals surface area contributed by atoms with Crippen molar-refractivity contribution in [1.29, 1.82) is 0 Å². The molecule has 0 aliphatic carbocycles. The molecule has 5 heteroatoms. The van der Waals surface area contributed by atoms with Crippen molar-refractivity contribution in [2.75, 3.05) is 26.7 Å². The second kappa shape index (κ2) is 9.64. The van der Waals surface area contributed by atoms with E-state index in [-0.39, 0.29) is 18.3 Å². The Balaban J connectivity index is 0.00000324. The van der Waals surface area contributed by atoms with Crippen LogP contribution in [0.25, 0.3) is 0 Å². The summed E-state index contributed by atoms with van der Waals surface area (Å²) in [6.07, 6.45) is 0.386. The highest BCUT2D eigenvalue weighted by molar-refractivity contribution is 5.85. The van der Waals surface area contributed by atoms with Crippen molar-refractivity contribution in [2.45, 2.75) is 20.3 Å². The Kier molecular flexibility index (Phi) is 9.00. The van der Waals surface area contributed by atoms with Crippen LogP contribution in [-0.4, -0.2) is 32.7 Å². The maximum Gasteiger partial charge on any atom is 0.223 e. The third-order valence-electron chi connectivity index (χ3n) is 2.63. The lowest BCUT2D eigenvalue weighted by molar-refractivity contribution is -0.121. The van der Waals surface area contributed by atoms with Crippen LogP contribution in [0.4, 0.5) is 0 Å². The minimum absolute atomic E-state index is 0. The topological polar surface area (TPSA) is 50.4 Å². The smallest absolute Gasteiger partial charge is 0.223 e. The fourth-order valence-corrected chi connectivity index (χ4v) is 1.53. The normalized spacial score (nSPS) is 9.63. The molecule has 1 amide bonds. The largest absolute Gasteiger partial charge is 0.493 e. The van der Waals surface area contributed by atoms with Gasteiger partial charge >= 0.3 is 0 Å². The molecule has 0 aromatic heterocycles. The van der Waals surface area contributed by atoms with Gasteiger partial charge in [0.15, 0.2) is 0 Å². The molecule has 0 aliphatic rings. The highest BCUT2D eigenvalue weighted by atomic mass is 35.5. The Labute approximate surface area is 121 Å². The molecule has 19 heavy (non-hydrogen) atoms. The summed E-state index contributed by atoms with van der Waals surface area (Å²) in [5.74, 6) is 0.883. The van der Waals surface area contributed by atoms with Crippen molar-refractivity contribution >= 4 is 18.3 Å². The molecule has 0 aliphatic heterocycles.